The van der Waals surface area contributed by atoms with E-state index in [1.165, 1.54) is 0 Å². The molecule has 2 nitrogen and oxygen atoms in total. The Morgan fingerprint density at radius 3 is 2.40 bits per heavy atom. The maximum atomic E-state index is 10.7. The van der Waals surface area contributed by atoms with E-state index in [0.717, 1.165) is 24.7 Å². The first-order valence-electron chi connectivity index (χ1n) is 4.70. The van der Waals surface area contributed by atoms with Gasteiger partial charge in [-0.3, -0.25) is 0 Å². The molecular formula is C11H10Cl2O2. The molecule has 0 aliphatic heterocycles. The zero-order chi connectivity index (χ0) is 10.9. The van der Waals surface area contributed by atoms with E-state index in [1.54, 1.807) is 18.2 Å². The van der Waals surface area contributed by atoms with E-state index in [9.17, 15) is 4.79 Å². The first kappa shape index (κ1) is 10.9. The monoisotopic (exact) mass is 244 g/mol. The Morgan fingerprint density at radius 1 is 1.33 bits per heavy atom. The summed E-state index contributed by atoms with van der Waals surface area (Å²) in [6, 6.07) is 5.29. The van der Waals surface area contributed by atoms with Crippen molar-refractivity contribution < 1.29 is 9.53 Å². The maximum absolute atomic E-state index is 10.7. The summed E-state index contributed by atoms with van der Waals surface area (Å²) < 4.78 is 5.50. The molecule has 1 aliphatic rings. The lowest BCUT2D eigenvalue weighted by atomic mass is 10.2. The Labute approximate surface area is 98.1 Å². The second kappa shape index (κ2) is 4.12. The molecule has 2 rings (SSSR count). The minimum atomic E-state index is -0.567. The largest absolute Gasteiger partial charge is 0.363 e. The SMILES string of the molecule is O=CC1(OCc2c(Cl)cccc2Cl)CC1. The van der Waals surface area contributed by atoms with Gasteiger partial charge in [0.25, 0.3) is 0 Å². The number of rotatable bonds is 4. The van der Waals surface area contributed by atoms with Crippen LogP contribution in [-0.2, 0) is 16.1 Å². The number of aldehydes is 1. The molecule has 1 aromatic carbocycles. The third-order valence-corrected chi connectivity index (χ3v) is 3.23. The van der Waals surface area contributed by atoms with E-state index in [-0.39, 0.29) is 6.61 Å². The van der Waals surface area contributed by atoms with Crippen LogP contribution in [0.1, 0.15) is 18.4 Å². The Balaban J connectivity index is 2.08. The van der Waals surface area contributed by atoms with Gasteiger partial charge in [0.1, 0.15) is 5.60 Å². The third-order valence-electron chi connectivity index (χ3n) is 2.52. The van der Waals surface area contributed by atoms with E-state index in [1.807, 2.05) is 0 Å². The van der Waals surface area contributed by atoms with Gasteiger partial charge in [-0.25, -0.2) is 0 Å². The van der Waals surface area contributed by atoms with Gasteiger partial charge in [-0.05, 0) is 25.0 Å². The average molecular weight is 245 g/mol. The summed E-state index contributed by atoms with van der Waals surface area (Å²) in [5.41, 5.74) is 0.177. The van der Waals surface area contributed by atoms with Crippen molar-refractivity contribution in [1.82, 2.24) is 0 Å². The maximum Gasteiger partial charge on any atom is 0.151 e. The average Bonchev–Trinajstić information content (AvgIpc) is 2.98. The van der Waals surface area contributed by atoms with Crippen LogP contribution in [0.5, 0.6) is 0 Å². The lowest BCUT2D eigenvalue weighted by molar-refractivity contribution is -0.121. The molecule has 15 heavy (non-hydrogen) atoms. The van der Waals surface area contributed by atoms with Crippen molar-refractivity contribution in [3.8, 4) is 0 Å². The fourth-order valence-corrected chi connectivity index (χ4v) is 1.81. The predicted molar refractivity (Wildman–Crippen MR) is 59.3 cm³/mol. The molecule has 0 bridgehead atoms. The highest BCUT2D eigenvalue weighted by atomic mass is 35.5. The van der Waals surface area contributed by atoms with Crippen LogP contribution in [0.3, 0.4) is 0 Å². The van der Waals surface area contributed by atoms with Gasteiger partial charge in [-0.2, -0.15) is 0 Å². The summed E-state index contributed by atoms with van der Waals surface area (Å²) in [5.74, 6) is 0. The van der Waals surface area contributed by atoms with Gasteiger partial charge < -0.3 is 9.53 Å². The smallest absolute Gasteiger partial charge is 0.151 e. The fourth-order valence-electron chi connectivity index (χ4n) is 1.31. The lowest BCUT2D eigenvalue weighted by Gasteiger charge is -2.11. The third kappa shape index (κ3) is 2.33. The van der Waals surface area contributed by atoms with Crippen molar-refractivity contribution in [3.63, 3.8) is 0 Å². The molecule has 0 unspecified atom stereocenters. The normalized spacial score (nSPS) is 17.5. The molecule has 4 heteroatoms. The van der Waals surface area contributed by atoms with Crippen LogP contribution < -0.4 is 0 Å². The number of halogens is 2. The fraction of sp³-hybridized carbons (Fsp3) is 0.364. The summed E-state index contributed by atoms with van der Waals surface area (Å²) in [6.45, 7) is 0.289. The van der Waals surface area contributed by atoms with Crippen molar-refractivity contribution in [3.05, 3.63) is 33.8 Å². The molecule has 0 atom stereocenters. The zero-order valence-corrected chi connectivity index (χ0v) is 9.52. The van der Waals surface area contributed by atoms with Crippen LogP contribution in [-0.4, -0.2) is 11.9 Å². The molecule has 1 saturated carbocycles. The molecule has 0 aromatic heterocycles. The summed E-state index contributed by atoms with van der Waals surface area (Å²) in [6.07, 6.45) is 2.44. The Kier molecular flexibility index (Phi) is 3.01. The Morgan fingerprint density at radius 2 is 1.93 bits per heavy atom. The molecule has 0 spiro atoms. The van der Waals surface area contributed by atoms with Gasteiger partial charge in [0.2, 0.25) is 0 Å². The Hall–Kier alpha value is -0.570. The molecule has 0 radical (unpaired) electrons. The van der Waals surface area contributed by atoms with Gasteiger partial charge >= 0.3 is 0 Å². The first-order chi connectivity index (χ1) is 7.17. The highest BCUT2D eigenvalue weighted by molar-refractivity contribution is 6.35. The van der Waals surface area contributed by atoms with E-state index in [0.29, 0.717) is 10.0 Å². The van der Waals surface area contributed by atoms with Crippen molar-refractivity contribution in [2.45, 2.75) is 25.0 Å². The highest BCUT2D eigenvalue weighted by Crippen LogP contribution is 2.39. The molecule has 1 aromatic rings. The number of hydrogen-bond acceptors (Lipinski definition) is 2. The molecule has 1 fully saturated rings. The van der Waals surface area contributed by atoms with Crippen molar-refractivity contribution in [2.24, 2.45) is 0 Å². The minimum absolute atomic E-state index is 0.289. The molecule has 1 aliphatic carbocycles. The standard InChI is InChI=1S/C11H10Cl2O2/c12-9-2-1-3-10(13)8(9)6-15-11(7-14)4-5-11/h1-3,7H,4-6H2. The van der Waals surface area contributed by atoms with E-state index >= 15 is 0 Å². The summed E-state index contributed by atoms with van der Waals surface area (Å²) in [7, 11) is 0. The van der Waals surface area contributed by atoms with Crippen LogP contribution in [0.2, 0.25) is 10.0 Å². The number of benzene rings is 1. The molecule has 80 valence electrons. The second-order valence-electron chi connectivity index (χ2n) is 3.67. The van der Waals surface area contributed by atoms with Gasteiger partial charge in [0.15, 0.2) is 6.29 Å². The predicted octanol–water partition coefficient (Wildman–Crippen LogP) is 3.24. The summed E-state index contributed by atoms with van der Waals surface area (Å²) in [5, 5.41) is 1.15. The topological polar surface area (TPSA) is 26.3 Å². The van der Waals surface area contributed by atoms with Crippen LogP contribution in [0.15, 0.2) is 18.2 Å². The molecule has 0 saturated heterocycles. The molecule has 0 N–H and O–H groups in total. The van der Waals surface area contributed by atoms with Crippen molar-refractivity contribution in [1.29, 1.82) is 0 Å². The van der Waals surface area contributed by atoms with Crippen LogP contribution in [0, 0.1) is 0 Å². The van der Waals surface area contributed by atoms with Crippen LogP contribution in [0.4, 0.5) is 0 Å². The van der Waals surface area contributed by atoms with Gasteiger partial charge in [-0.1, -0.05) is 29.3 Å². The van der Waals surface area contributed by atoms with Crippen LogP contribution in [0.25, 0.3) is 0 Å². The molecular weight excluding hydrogens is 235 g/mol. The molecule has 0 amide bonds. The van der Waals surface area contributed by atoms with E-state index in [4.69, 9.17) is 27.9 Å². The minimum Gasteiger partial charge on any atom is -0.363 e. The number of hydrogen-bond donors (Lipinski definition) is 0. The number of carbonyl (C=O) groups excluding carboxylic acids is 1. The van der Waals surface area contributed by atoms with Gasteiger partial charge in [-0.15, -0.1) is 0 Å². The lowest BCUT2D eigenvalue weighted by Crippen LogP contribution is -2.15. The summed E-state index contributed by atoms with van der Waals surface area (Å²) >= 11 is 11.9. The highest BCUT2D eigenvalue weighted by Gasteiger charge is 2.44. The quantitative estimate of drug-likeness (QED) is 0.761. The van der Waals surface area contributed by atoms with E-state index in [2.05, 4.69) is 0 Å². The summed E-state index contributed by atoms with van der Waals surface area (Å²) in [4.78, 5) is 10.7. The van der Waals surface area contributed by atoms with Crippen LogP contribution >= 0.6 is 23.2 Å². The number of carbonyl (C=O) groups is 1. The molecule has 0 heterocycles. The second-order valence-corrected chi connectivity index (χ2v) is 4.49. The van der Waals surface area contributed by atoms with Gasteiger partial charge in [0.05, 0.1) is 6.61 Å². The van der Waals surface area contributed by atoms with Crippen molar-refractivity contribution in [2.75, 3.05) is 0 Å². The van der Waals surface area contributed by atoms with E-state index < -0.39 is 5.60 Å². The first-order valence-corrected chi connectivity index (χ1v) is 5.46. The Bertz CT molecular complexity index is 366. The van der Waals surface area contributed by atoms with Crippen molar-refractivity contribution >= 4 is 29.5 Å². The number of ether oxygens (including phenoxy) is 1. The zero-order valence-electron chi connectivity index (χ0n) is 8.00. The van der Waals surface area contributed by atoms with Gasteiger partial charge in [0, 0.05) is 15.6 Å².